The van der Waals surface area contributed by atoms with Crippen molar-refractivity contribution in [2.24, 2.45) is 0 Å². The number of carbonyl (C=O) groups is 1. The Hall–Kier alpha value is 0.428. The molecule has 0 aromatic heterocycles. The Labute approximate surface area is 68.1 Å². The fourth-order valence-corrected chi connectivity index (χ4v) is 0. The molecule has 0 bridgehead atoms. The minimum atomic E-state index is -3.94. The predicted molar refractivity (Wildman–Crippen MR) is 16.4 cm³/mol. The van der Waals surface area contributed by atoms with Gasteiger partial charge in [-0.3, -0.25) is 0 Å². The third kappa shape index (κ3) is 1900. The molecule has 0 aliphatic carbocycles. The van der Waals surface area contributed by atoms with Gasteiger partial charge in [-0.05, 0) is 6.92 Å². The normalized spacial score (nSPS) is 6.78. The number of carbonyl (C=O) groups excluding carboxylic acids is 1. The molecule has 0 fully saturated rings. The summed E-state index contributed by atoms with van der Waals surface area (Å²) in [6.07, 6.45) is 0. The first-order valence-corrected chi connectivity index (χ1v) is 3.75. The van der Waals surface area contributed by atoms with Gasteiger partial charge in [-0.25, -0.2) is 0 Å². The molecule has 9 heavy (non-hydrogen) atoms. The molecule has 0 spiro atoms. The Balaban J connectivity index is -0.0000000720. The molecule has 0 atom stereocenters. The zero-order valence-corrected chi connectivity index (χ0v) is 7.11. The van der Waals surface area contributed by atoms with E-state index >= 15 is 0 Å². The summed E-state index contributed by atoms with van der Waals surface area (Å²) in [5, 5.41) is 8.89. The van der Waals surface area contributed by atoms with Crippen LogP contribution < -0.4 is 17.4 Å². The second-order valence-corrected chi connectivity index (χ2v) is 1.65. The third-order valence-corrected chi connectivity index (χ3v) is 0. The molecule has 0 aliphatic rings. The van der Waals surface area contributed by atoms with Crippen molar-refractivity contribution in [2.45, 2.75) is 6.92 Å². The van der Waals surface area contributed by atoms with E-state index < -0.39 is 21.6 Å². The molecule has 5 nitrogen and oxygen atoms in total. The molecule has 0 saturated heterocycles. The second kappa shape index (κ2) is 11.3. The van der Waals surface area contributed by atoms with Gasteiger partial charge >= 0.3 is 28.0 Å². The van der Waals surface area contributed by atoms with Gasteiger partial charge in [-0.1, -0.05) is 0 Å². The van der Waals surface area contributed by atoms with Crippen molar-refractivity contribution < 1.29 is 39.3 Å². The van der Waals surface area contributed by atoms with Crippen molar-refractivity contribution in [1.29, 1.82) is 0 Å². The van der Waals surface area contributed by atoms with Crippen molar-refractivity contribution in [3.63, 3.8) is 0 Å². The van der Waals surface area contributed by atoms with Crippen LogP contribution in [-0.2, 0) is 21.9 Å². The second-order valence-electron chi connectivity index (χ2n) is 0.715. The number of aliphatic carboxylic acids is 1. The SMILES string of the molecule is CC(=O)[O-].[Cu].[O-][As]([O-])[O-]. The van der Waals surface area contributed by atoms with E-state index in [1.807, 2.05) is 0 Å². The van der Waals surface area contributed by atoms with E-state index in [4.69, 9.17) is 22.2 Å². The summed E-state index contributed by atoms with van der Waals surface area (Å²) in [6, 6.07) is 0. The fourth-order valence-electron chi connectivity index (χ4n) is 0. The number of carboxylic acids is 1. The first-order chi connectivity index (χ1) is 3.46. The Morgan fingerprint density at radius 1 is 1.33 bits per heavy atom. The topological polar surface area (TPSA) is 109 Å². The molecular weight excluding hydrogens is 242 g/mol. The van der Waals surface area contributed by atoms with Gasteiger partial charge in [0.2, 0.25) is 0 Å². The summed E-state index contributed by atoms with van der Waals surface area (Å²) in [5.41, 5.74) is 0. The number of rotatable bonds is 0. The van der Waals surface area contributed by atoms with Gasteiger partial charge in [0.05, 0.1) is 0 Å². The van der Waals surface area contributed by atoms with Gasteiger partial charge in [-0.15, -0.1) is 0 Å². The fraction of sp³-hybridized carbons (Fsp3) is 0.500. The molecule has 0 rings (SSSR count). The molecule has 7 heteroatoms. The number of hydrogen-bond acceptors (Lipinski definition) is 5. The Bertz CT molecular complexity index is 59.2. The summed E-state index contributed by atoms with van der Waals surface area (Å²) in [4.78, 5) is 8.89. The summed E-state index contributed by atoms with van der Waals surface area (Å²) in [5.74, 6) is -1.08. The van der Waals surface area contributed by atoms with Crippen molar-refractivity contribution in [3.8, 4) is 0 Å². The van der Waals surface area contributed by atoms with Crippen LogP contribution in [0.1, 0.15) is 6.92 Å². The molecule has 61 valence electrons. The quantitative estimate of drug-likeness (QED) is 0.396. The van der Waals surface area contributed by atoms with Crippen LogP contribution in [0.25, 0.3) is 0 Å². The standard InChI is InChI=1S/C2H4O2.AsO3.Cu/c1-2(3)4;2-1(3)4;/h1H3,(H,3,4);;/q;-3;/p-1. The van der Waals surface area contributed by atoms with Crippen molar-refractivity contribution >= 4 is 21.6 Å². The van der Waals surface area contributed by atoms with Gasteiger partial charge in [0.1, 0.15) is 0 Å². The molecule has 0 aromatic rings. The van der Waals surface area contributed by atoms with Crippen LogP contribution in [0.2, 0.25) is 0 Å². The van der Waals surface area contributed by atoms with Crippen LogP contribution in [0.15, 0.2) is 0 Å². The molecule has 1 radical (unpaired) electrons. The Morgan fingerprint density at radius 2 is 1.33 bits per heavy atom. The van der Waals surface area contributed by atoms with E-state index in [2.05, 4.69) is 0 Å². The van der Waals surface area contributed by atoms with Crippen LogP contribution in [0, 0.1) is 0 Å². The van der Waals surface area contributed by atoms with Crippen LogP contribution >= 0.6 is 0 Å². The Kier molecular flexibility index (Phi) is 20.3. The van der Waals surface area contributed by atoms with Crippen LogP contribution in [0.5, 0.6) is 0 Å². The monoisotopic (exact) mass is 245 g/mol. The summed E-state index contributed by atoms with van der Waals surface area (Å²) >= 11 is -3.94. The van der Waals surface area contributed by atoms with E-state index in [0.717, 1.165) is 6.92 Å². The summed E-state index contributed by atoms with van der Waals surface area (Å²) < 4.78 is 25.7. The van der Waals surface area contributed by atoms with Crippen molar-refractivity contribution in [2.75, 3.05) is 0 Å². The maximum atomic E-state index is 8.89. The van der Waals surface area contributed by atoms with E-state index in [-0.39, 0.29) is 17.1 Å². The van der Waals surface area contributed by atoms with Gasteiger partial charge < -0.3 is 9.90 Å². The predicted octanol–water partition coefficient (Wildman–Crippen LogP) is -5.19. The minimum absolute atomic E-state index is 0. The number of hydrogen-bond donors (Lipinski definition) is 0. The van der Waals surface area contributed by atoms with Gasteiger partial charge in [0.25, 0.3) is 0 Å². The van der Waals surface area contributed by atoms with E-state index in [1.54, 1.807) is 0 Å². The number of carboxylic acid groups (broad SMARTS) is 1. The average Bonchev–Trinajstić information content (AvgIpc) is 1.25. The van der Waals surface area contributed by atoms with Crippen molar-refractivity contribution in [3.05, 3.63) is 0 Å². The average molecular weight is 246 g/mol. The Morgan fingerprint density at radius 3 is 1.33 bits per heavy atom. The van der Waals surface area contributed by atoms with E-state index in [9.17, 15) is 0 Å². The van der Waals surface area contributed by atoms with Crippen LogP contribution in [0.3, 0.4) is 0 Å². The summed E-state index contributed by atoms with van der Waals surface area (Å²) in [7, 11) is 0. The van der Waals surface area contributed by atoms with Crippen molar-refractivity contribution in [1.82, 2.24) is 0 Å². The third-order valence-electron chi connectivity index (χ3n) is 0. The molecular formula is C2H3AsCuO5-4. The molecule has 0 aromatic carbocycles. The molecule has 0 unspecified atom stereocenters. The molecule has 0 saturated carbocycles. The molecule has 0 aliphatic heterocycles. The molecule has 0 N–H and O–H groups in total. The van der Waals surface area contributed by atoms with E-state index in [1.165, 1.54) is 0 Å². The van der Waals surface area contributed by atoms with Crippen LogP contribution in [0.4, 0.5) is 0 Å². The van der Waals surface area contributed by atoms with Gasteiger partial charge in [0.15, 0.2) is 0 Å². The zero-order chi connectivity index (χ0) is 7.15. The van der Waals surface area contributed by atoms with Gasteiger partial charge in [0, 0.05) is 23.0 Å². The first kappa shape index (κ1) is 16.2. The van der Waals surface area contributed by atoms with E-state index in [0.29, 0.717) is 0 Å². The first-order valence-electron chi connectivity index (χ1n) is 1.46. The molecule has 0 heterocycles. The maximum absolute atomic E-state index is 8.89. The molecule has 0 amide bonds. The van der Waals surface area contributed by atoms with Crippen LogP contribution in [-0.4, -0.2) is 21.6 Å². The zero-order valence-electron chi connectivity index (χ0n) is 4.29. The summed E-state index contributed by atoms with van der Waals surface area (Å²) in [6.45, 7) is 0.972. The van der Waals surface area contributed by atoms with Gasteiger partial charge in [-0.2, -0.15) is 0 Å².